The molecule has 1 saturated carbocycles. The van der Waals surface area contributed by atoms with Gasteiger partial charge in [0.05, 0.1) is 6.42 Å². The second kappa shape index (κ2) is 7.25. The summed E-state index contributed by atoms with van der Waals surface area (Å²) in [5, 5.41) is 21.2. The minimum atomic E-state index is -0.826. The van der Waals surface area contributed by atoms with Crippen molar-refractivity contribution in [2.45, 2.75) is 71.8 Å². The summed E-state index contributed by atoms with van der Waals surface area (Å²) < 4.78 is 0. The SMILES string of the molecule is CC(C)(C)C(CCO)NC(=O)CC1(CC(=O)O)CCCC1. The first-order valence-corrected chi connectivity index (χ1v) is 7.81. The molecule has 0 saturated heterocycles. The summed E-state index contributed by atoms with van der Waals surface area (Å²) in [5.74, 6) is -0.918. The lowest BCUT2D eigenvalue weighted by atomic mass is 9.78. The molecule has 1 aliphatic carbocycles. The molecule has 122 valence electrons. The number of hydrogen-bond acceptors (Lipinski definition) is 3. The predicted molar refractivity (Wildman–Crippen MR) is 80.9 cm³/mol. The second-order valence-electron chi connectivity index (χ2n) is 7.45. The van der Waals surface area contributed by atoms with E-state index in [1.165, 1.54) is 0 Å². The van der Waals surface area contributed by atoms with Crippen molar-refractivity contribution in [3.63, 3.8) is 0 Å². The number of aliphatic hydroxyl groups excluding tert-OH is 1. The normalized spacial score (nSPS) is 19.2. The summed E-state index contributed by atoms with van der Waals surface area (Å²) in [6, 6.07) is -0.0988. The predicted octanol–water partition coefficient (Wildman–Crippen LogP) is 2.32. The van der Waals surface area contributed by atoms with E-state index in [0.29, 0.717) is 6.42 Å². The molecule has 1 amide bonds. The molecule has 0 aliphatic heterocycles. The minimum Gasteiger partial charge on any atom is -0.481 e. The van der Waals surface area contributed by atoms with Gasteiger partial charge in [-0.3, -0.25) is 9.59 Å². The molecular formula is C16H29NO4. The number of carbonyl (C=O) groups excluding carboxylic acids is 1. The van der Waals surface area contributed by atoms with Crippen molar-refractivity contribution in [3.8, 4) is 0 Å². The largest absolute Gasteiger partial charge is 0.481 e. The third-order valence-corrected chi connectivity index (χ3v) is 4.52. The molecule has 1 unspecified atom stereocenters. The van der Waals surface area contributed by atoms with Gasteiger partial charge in [-0.2, -0.15) is 0 Å². The molecule has 0 aromatic rings. The van der Waals surface area contributed by atoms with E-state index in [1.54, 1.807) is 0 Å². The molecule has 1 atom stereocenters. The number of nitrogens with one attached hydrogen (secondary N) is 1. The Labute approximate surface area is 127 Å². The van der Waals surface area contributed by atoms with Crippen LogP contribution in [0.4, 0.5) is 0 Å². The quantitative estimate of drug-likeness (QED) is 0.673. The highest BCUT2D eigenvalue weighted by molar-refractivity contribution is 5.78. The Kier molecular flexibility index (Phi) is 6.20. The fourth-order valence-electron chi connectivity index (χ4n) is 3.30. The van der Waals surface area contributed by atoms with E-state index < -0.39 is 5.97 Å². The van der Waals surface area contributed by atoms with Gasteiger partial charge >= 0.3 is 5.97 Å². The Balaban J connectivity index is 2.67. The highest BCUT2D eigenvalue weighted by atomic mass is 16.4. The maximum absolute atomic E-state index is 12.3. The minimum absolute atomic E-state index is 0.0302. The smallest absolute Gasteiger partial charge is 0.303 e. The third-order valence-electron chi connectivity index (χ3n) is 4.52. The molecule has 1 aliphatic rings. The average molecular weight is 299 g/mol. The lowest BCUT2D eigenvalue weighted by Gasteiger charge is -2.33. The van der Waals surface area contributed by atoms with Gasteiger partial charge in [0.1, 0.15) is 0 Å². The summed E-state index contributed by atoms with van der Waals surface area (Å²) >= 11 is 0. The van der Waals surface area contributed by atoms with E-state index in [2.05, 4.69) is 5.32 Å². The molecule has 5 nitrogen and oxygen atoms in total. The molecule has 1 fully saturated rings. The van der Waals surface area contributed by atoms with Crippen LogP contribution < -0.4 is 5.32 Å². The third kappa shape index (κ3) is 5.65. The van der Waals surface area contributed by atoms with Crippen LogP contribution in [0.25, 0.3) is 0 Å². The van der Waals surface area contributed by atoms with Crippen LogP contribution in [0.3, 0.4) is 0 Å². The molecule has 0 spiro atoms. The van der Waals surface area contributed by atoms with Crippen molar-refractivity contribution in [1.29, 1.82) is 0 Å². The van der Waals surface area contributed by atoms with Crippen LogP contribution in [0.15, 0.2) is 0 Å². The second-order valence-corrected chi connectivity index (χ2v) is 7.45. The standard InChI is InChI=1S/C16H29NO4/c1-15(2,3)12(6-9-18)17-13(19)10-16(11-14(20)21)7-4-5-8-16/h12,18H,4-11H2,1-3H3,(H,17,19)(H,20,21). The summed E-state index contributed by atoms with van der Waals surface area (Å²) in [4.78, 5) is 23.4. The van der Waals surface area contributed by atoms with Gasteiger partial charge in [-0.1, -0.05) is 33.6 Å². The molecular weight excluding hydrogens is 270 g/mol. The highest BCUT2D eigenvalue weighted by Crippen LogP contribution is 2.44. The van der Waals surface area contributed by atoms with E-state index in [9.17, 15) is 9.59 Å². The maximum atomic E-state index is 12.3. The van der Waals surface area contributed by atoms with Crippen molar-refractivity contribution < 1.29 is 19.8 Å². The number of aliphatic carboxylic acids is 1. The van der Waals surface area contributed by atoms with Gasteiger partial charge < -0.3 is 15.5 Å². The number of carbonyl (C=O) groups is 2. The Hall–Kier alpha value is -1.10. The summed E-state index contributed by atoms with van der Waals surface area (Å²) in [6.45, 7) is 6.10. The monoisotopic (exact) mass is 299 g/mol. The van der Waals surface area contributed by atoms with Crippen LogP contribution in [0, 0.1) is 10.8 Å². The average Bonchev–Trinajstić information content (AvgIpc) is 2.74. The number of rotatable bonds is 7. The van der Waals surface area contributed by atoms with Gasteiger partial charge in [0.2, 0.25) is 5.91 Å². The summed E-state index contributed by atoms with van der Waals surface area (Å²) in [7, 11) is 0. The van der Waals surface area contributed by atoms with E-state index in [4.69, 9.17) is 10.2 Å². The summed E-state index contributed by atoms with van der Waals surface area (Å²) in [5.41, 5.74) is -0.508. The Morgan fingerprint density at radius 1 is 1.19 bits per heavy atom. The zero-order chi connectivity index (χ0) is 16.1. The molecule has 0 aromatic heterocycles. The molecule has 0 heterocycles. The Bertz CT molecular complexity index is 367. The summed E-state index contributed by atoms with van der Waals surface area (Å²) in [6.07, 6.45) is 4.48. The van der Waals surface area contributed by atoms with E-state index in [0.717, 1.165) is 25.7 Å². The van der Waals surface area contributed by atoms with Crippen LogP contribution in [0.5, 0.6) is 0 Å². The number of aliphatic hydroxyl groups is 1. The Morgan fingerprint density at radius 2 is 1.76 bits per heavy atom. The van der Waals surface area contributed by atoms with Gasteiger partial charge in [-0.05, 0) is 30.1 Å². The van der Waals surface area contributed by atoms with Gasteiger partial charge in [-0.25, -0.2) is 0 Å². The lowest BCUT2D eigenvalue weighted by Crippen LogP contribution is -2.45. The van der Waals surface area contributed by atoms with Crippen molar-refractivity contribution in [1.82, 2.24) is 5.32 Å². The van der Waals surface area contributed by atoms with Crippen molar-refractivity contribution in [2.24, 2.45) is 10.8 Å². The molecule has 5 heteroatoms. The first-order chi connectivity index (χ1) is 9.68. The highest BCUT2D eigenvalue weighted by Gasteiger charge is 2.38. The fourth-order valence-corrected chi connectivity index (χ4v) is 3.30. The number of amides is 1. The number of carboxylic acids is 1. The molecule has 21 heavy (non-hydrogen) atoms. The Morgan fingerprint density at radius 3 is 2.19 bits per heavy atom. The van der Waals surface area contributed by atoms with E-state index >= 15 is 0 Å². The van der Waals surface area contributed by atoms with Crippen molar-refractivity contribution >= 4 is 11.9 Å². The van der Waals surface area contributed by atoms with Crippen LogP contribution >= 0.6 is 0 Å². The van der Waals surface area contributed by atoms with E-state index in [-0.39, 0.29) is 42.2 Å². The molecule has 0 aromatic carbocycles. The molecule has 1 rings (SSSR count). The van der Waals surface area contributed by atoms with Gasteiger partial charge in [0.25, 0.3) is 0 Å². The molecule has 0 radical (unpaired) electrons. The number of carboxylic acid groups (broad SMARTS) is 1. The van der Waals surface area contributed by atoms with Crippen LogP contribution in [-0.2, 0) is 9.59 Å². The van der Waals surface area contributed by atoms with Crippen LogP contribution in [0.2, 0.25) is 0 Å². The zero-order valence-corrected chi connectivity index (χ0v) is 13.4. The van der Waals surface area contributed by atoms with Gasteiger partial charge in [0, 0.05) is 19.1 Å². The fraction of sp³-hybridized carbons (Fsp3) is 0.875. The van der Waals surface area contributed by atoms with Gasteiger partial charge in [0.15, 0.2) is 0 Å². The zero-order valence-electron chi connectivity index (χ0n) is 13.4. The number of hydrogen-bond donors (Lipinski definition) is 3. The van der Waals surface area contributed by atoms with Crippen LogP contribution in [0.1, 0.15) is 65.7 Å². The lowest BCUT2D eigenvalue weighted by molar-refractivity contribution is -0.140. The topological polar surface area (TPSA) is 86.6 Å². The van der Waals surface area contributed by atoms with Crippen molar-refractivity contribution in [2.75, 3.05) is 6.61 Å². The van der Waals surface area contributed by atoms with E-state index in [1.807, 2.05) is 20.8 Å². The van der Waals surface area contributed by atoms with Crippen LogP contribution in [-0.4, -0.2) is 34.7 Å². The first-order valence-electron chi connectivity index (χ1n) is 7.81. The van der Waals surface area contributed by atoms with Gasteiger partial charge in [-0.15, -0.1) is 0 Å². The first kappa shape index (κ1) is 18.0. The van der Waals surface area contributed by atoms with Crippen molar-refractivity contribution in [3.05, 3.63) is 0 Å². The molecule has 0 bridgehead atoms. The maximum Gasteiger partial charge on any atom is 0.303 e. The molecule has 3 N–H and O–H groups in total.